The number of nitrogens with zero attached hydrogens (tertiary/aromatic N) is 1. The molecule has 0 amide bonds. The summed E-state index contributed by atoms with van der Waals surface area (Å²) in [7, 11) is 0. The molecule has 1 aromatic carbocycles. The number of anilines is 1. The number of aliphatic hydroxyl groups is 1. The van der Waals surface area contributed by atoms with Crippen molar-refractivity contribution >= 4 is 5.69 Å². The van der Waals surface area contributed by atoms with Gasteiger partial charge in [-0.25, -0.2) is 0 Å². The molecule has 1 atom stereocenters. The van der Waals surface area contributed by atoms with Gasteiger partial charge in [-0.15, -0.1) is 0 Å². The molecule has 3 nitrogen and oxygen atoms in total. The number of nitrogens with two attached hydrogens (primary N) is 1. The molecule has 0 saturated carbocycles. The normalized spacial score (nSPS) is 19.2. The molecule has 0 aliphatic carbocycles. The highest BCUT2D eigenvalue weighted by Crippen LogP contribution is 2.26. The van der Waals surface area contributed by atoms with E-state index in [4.69, 9.17) is 10.8 Å². The molecule has 2 rings (SSSR count). The second-order valence-corrected chi connectivity index (χ2v) is 4.82. The van der Waals surface area contributed by atoms with E-state index in [9.17, 15) is 0 Å². The van der Waals surface area contributed by atoms with Gasteiger partial charge < -0.3 is 15.7 Å². The Hall–Kier alpha value is -1.06. The lowest BCUT2D eigenvalue weighted by molar-refractivity contribution is 0.283. The van der Waals surface area contributed by atoms with Crippen LogP contribution in [0.1, 0.15) is 24.8 Å². The molecule has 0 fully saturated rings. The zero-order chi connectivity index (χ0) is 12.1. The lowest BCUT2D eigenvalue weighted by Gasteiger charge is -2.34. The minimum atomic E-state index is 0.253. The van der Waals surface area contributed by atoms with Crippen LogP contribution >= 0.6 is 0 Å². The summed E-state index contributed by atoms with van der Waals surface area (Å²) in [6.45, 7) is 2.30. The van der Waals surface area contributed by atoms with Crippen molar-refractivity contribution in [1.82, 2.24) is 0 Å². The van der Waals surface area contributed by atoms with Crippen molar-refractivity contribution in [3.8, 4) is 0 Å². The van der Waals surface area contributed by atoms with Crippen molar-refractivity contribution in [2.45, 2.75) is 31.7 Å². The Bertz CT molecular complexity index is 354. The maximum atomic E-state index is 8.77. The molecule has 0 bridgehead atoms. The average molecular weight is 234 g/mol. The fraction of sp³-hybridized carbons (Fsp3) is 0.571. The van der Waals surface area contributed by atoms with Gasteiger partial charge in [-0.1, -0.05) is 18.2 Å². The Morgan fingerprint density at radius 1 is 1.24 bits per heavy atom. The van der Waals surface area contributed by atoms with Gasteiger partial charge in [0.15, 0.2) is 0 Å². The Morgan fingerprint density at radius 2 is 2.06 bits per heavy atom. The summed E-state index contributed by atoms with van der Waals surface area (Å²) < 4.78 is 0. The maximum absolute atomic E-state index is 8.77. The molecule has 1 heterocycles. The molecule has 0 saturated heterocycles. The summed E-state index contributed by atoms with van der Waals surface area (Å²) in [6.07, 6.45) is 4.11. The van der Waals surface area contributed by atoms with Crippen LogP contribution in [0.3, 0.4) is 0 Å². The molecule has 1 aromatic rings. The van der Waals surface area contributed by atoms with Crippen molar-refractivity contribution in [3.05, 3.63) is 29.8 Å². The van der Waals surface area contributed by atoms with Crippen LogP contribution in [0, 0.1) is 0 Å². The molecule has 0 aromatic heterocycles. The Balaban J connectivity index is 1.97. The van der Waals surface area contributed by atoms with Gasteiger partial charge in [-0.05, 0) is 37.3 Å². The van der Waals surface area contributed by atoms with Gasteiger partial charge in [0.1, 0.15) is 0 Å². The number of aliphatic hydroxyl groups excluding tert-OH is 1. The van der Waals surface area contributed by atoms with Crippen molar-refractivity contribution in [3.63, 3.8) is 0 Å². The topological polar surface area (TPSA) is 49.5 Å². The van der Waals surface area contributed by atoms with Crippen LogP contribution in [0.2, 0.25) is 0 Å². The molecule has 17 heavy (non-hydrogen) atoms. The Labute approximate surface area is 103 Å². The van der Waals surface area contributed by atoms with E-state index in [0.29, 0.717) is 6.61 Å². The molecule has 94 valence electrons. The number of hydrogen-bond acceptors (Lipinski definition) is 3. The average Bonchev–Trinajstić information content (AvgIpc) is 2.34. The van der Waals surface area contributed by atoms with Gasteiger partial charge in [0.05, 0.1) is 0 Å². The highest BCUT2D eigenvalue weighted by atomic mass is 16.2. The fourth-order valence-corrected chi connectivity index (χ4v) is 2.52. The van der Waals surface area contributed by atoms with Crippen molar-refractivity contribution in [2.24, 2.45) is 5.73 Å². The molecular weight excluding hydrogens is 212 g/mol. The quantitative estimate of drug-likeness (QED) is 0.760. The third-order valence-electron chi connectivity index (χ3n) is 3.36. The Morgan fingerprint density at radius 3 is 2.88 bits per heavy atom. The van der Waals surface area contributed by atoms with Gasteiger partial charge in [0.25, 0.3) is 0 Å². The number of para-hydroxylation sites is 1. The number of hydrogen-bond donors (Lipinski definition) is 2. The van der Waals surface area contributed by atoms with Crippen molar-refractivity contribution < 1.29 is 5.11 Å². The van der Waals surface area contributed by atoms with E-state index >= 15 is 0 Å². The highest BCUT2D eigenvalue weighted by Gasteiger charge is 2.20. The second-order valence-electron chi connectivity index (χ2n) is 4.82. The number of benzene rings is 1. The summed E-state index contributed by atoms with van der Waals surface area (Å²) in [5, 5.41) is 8.77. The predicted molar refractivity (Wildman–Crippen MR) is 71.3 cm³/mol. The maximum Gasteiger partial charge on any atom is 0.0431 e. The highest BCUT2D eigenvalue weighted by molar-refractivity contribution is 5.56. The minimum Gasteiger partial charge on any atom is -0.396 e. The zero-order valence-corrected chi connectivity index (χ0v) is 10.3. The first-order valence-electron chi connectivity index (χ1n) is 6.50. The monoisotopic (exact) mass is 234 g/mol. The van der Waals surface area contributed by atoms with E-state index in [2.05, 4.69) is 29.2 Å². The summed E-state index contributed by atoms with van der Waals surface area (Å²) in [6, 6.07) is 8.79. The summed E-state index contributed by atoms with van der Waals surface area (Å²) >= 11 is 0. The van der Waals surface area contributed by atoms with E-state index in [0.717, 1.165) is 38.8 Å². The summed E-state index contributed by atoms with van der Waals surface area (Å²) in [5.74, 6) is 0. The van der Waals surface area contributed by atoms with Crippen LogP contribution in [0.15, 0.2) is 24.3 Å². The van der Waals surface area contributed by atoms with E-state index in [1.54, 1.807) is 0 Å². The lowest BCUT2D eigenvalue weighted by atomic mass is 9.98. The van der Waals surface area contributed by atoms with E-state index < -0.39 is 0 Å². The zero-order valence-electron chi connectivity index (χ0n) is 10.3. The van der Waals surface area contributed by atoms with Crippen molar-refractivity contribution in [2.75, 3.05) is 24.6 Å². The molecule has 1 unspecified atom stereocenters. The first-order chi connectivity index (χ1) is 8.31. The third kappa shape index (κ3) is 3.20. The van der Waals surface area contributed by atoms with Crippen molar-refractivity contribution in [1.29, 1.82) is 0 Å². The standard InChI is InChI=1S/C14H22N2O/c15-13-10-12-6-2-3-7-14(12)16(11-13)8-4-1-5-9-17/h2-3,6-7,13,17H,1,4-5,8-11,15H2. The molecule has 3 N–H and O–H groups in total. The second kappa shape index (κ2) is 6.03. The van der Waals surface area contributed by atoms with Crippen LogP contribution in [0.25, 0.3) is 0 Å². The van der Waals surface area contributed by atoms with Crippen LogP contribution in [0.4, 0.5) is 5.69 Å². The molecule has 1 aliphatic rings. The Kier molecular flexibility index (Phi) is 4.40. The first-order valence-corrected chi connectivity index (χ1v) is 6.50. The van der Waals surface area contributed by atoms with Crippen LogP contribution in [0.5, 0.6) is 0 Å². The van der Waals surface area contributed by atoms with Crippen LogP contribution in [-0.4, -0.2) is 30.8 Å². The minimum absolute atomic E-state index is 0.253. The number of unbranched alkanes of at least 4 members (excludes halogenated alkanes) is 2. The van der Waals surface area contributed by atoms with Crippen LogP contribution < -0.4 is 10.6 Å². The molecule has 1 aliphatic heterocycles. The predicted octanol–water partition coefficient (Wildman–Crippen LogP) is 1.54. The van der Waals surface area contributed by atoms with Gasteiger partial charge in [0.2, 0.25) is 0 Å². The van der Waals surface area contributed by atoms with Gasteiger partial charge >= 0.3 is 0 Å². The van der Waals surface area contributed by atoms with E-state index in [-0.39, 0.29) is 6.04 Å². The van der Waals surface area contributed by atoms with Gasteiger partial charge in [-0.3, -0.25) is 0 Å². The van der Waals surface area contributed by atoms with E-state index in [1.807, 2.05) is 0 Å². The van der Waals surface area contributed by atoms with Gasteiger partial charge in [-0.2, -0.15) is 0 Å². The fourth-order valence-electron chi connectivity index (χ4n) is 2.52. The molecule has 0 radical (unpaired) electrons. The van der Waals surface area contributed by atoms with E-state index in [1.165, 1.54) is 11.3 Å². The summed E-state index contributed by atoms with van der Waals surface area (Å²) in [4.78, 5) is 2.39. The molecule has 3 heteroatoms. The summed E-state index contributed by atoms with van der Waals surface area (Å²) in [5.41, 5.74) is 8.80. The number of fused-ring (bicyclic) bond motifs is 1. The molecule has 0 spiro atoms. The lowest BCUT2D eigenvalue weighted by Crippen LogP contribution is -2.43. The molecular formula is C14H22N2O. The number of rotatable bonds is 5. The first kappa shape index (κ1) is 12.4. The SMILES string of the molecule is NC1Cc2ccccc2N(CCCCCO)C1. The largest absolute Gasteiger partial charge is 0.396 e. The van der Waals surface area contributed by atoms with Gasteiger partial charge in [0, 0.05) is 31.4 Å². The van der Waals surface area contributed by atoms with Crippen LogP contribution in [-0.2, 0) is 6.42 Å². The third-order valence-corrected chi connectivity index (χ3v) is 3.36. The smallest absolute Gasteiger partial charge is 0.0431 e.